The predicted octanol–water partition coefficient (Wildman–Crippen LogP) is 3.99. The average molecular weight is 460 g/mol. The molecular formula is C24H21N5O3S. The normalized spacial score (nSPS) is 13.9. The number of ether oxygens (including phenoxy) is 2. The molecule has 4 aromatic rings. The first-order chi connectivity index (χ1) is 16.0. The van der Waals surface area contributed by atoms with Crippen LogP contribution in [0.2, 0.25) is 0 Å². The average Bonchev–Trinajstić information content (AvgIpc) is 3.36. The number of anilines is 1. The molecule has 2 N–H and O–H groups in total. The van der Waals surface area contributed by atoms with Gasteiger partial charge in [0.2, 0.25) is 4.96 Å². The number of fused-ring (bicyclic) bond motifs is 2. The van der Waals surface area contributed by atoms with Crippen LogP contribution in [0, 0.1) is 0 Å². The molecule has 2 aromatic heterocycles. The number of para-hydroxylation sites is 1. The zero-order valence-corrected chi connectivity index (χ0v) is 19.1. The number of allylic oxidation sites excluding steroid dienone is 1. The van der Waals surface area contributed by atoms with Crippen molar-refractivity contribution in [2.45, 2.75) is 13.3 Å². The van der Waals surface area contributed by atoms with E-state index in [4.69, 9.17) is 15.2 Å². The number of aromatic nitrogens is 3. The smallest absolute Gasteiger partial charge is 0.283 e. The van der Waals surface area contributed by atoms with Gasteiger partial charge in [-0.2, -0.15) is 14.6 Å². The number of hydrogen-bond acceptors (Lipinski definition) is 8. The second-order valence-corrected chi connectivity index (χ2v) is 8.59. The molecule has 0 radical (unpaired) electrons. The lowest BCUT2D eigenvalue weighted by Crippen LogP contribution is -2.17. The Morgan fingerprint density at radius 1 is 1.12 bits per heavy atom. The van der Waals surface area contributed by atoms with Crippen molar-refractivity contribution < 1.29 is 9.47 Å². The number of benzene rings is 2. The Labute approximate surface area is 193 Å². The van der Waals surface area contributed by atoms with Gasteiger partial charge < -0.3 is 15.2 Å². The summed E-state index contributed by atoms with van der Waals surface area (Å²) in [6.07, 6.45) is 2.30. The van der Waals surface area contributed by atoms with Crippen molar-refractivity contribution in [1.29, 1.82) is 0 Å². The summed E-state index contributed by atoms with van der Waals surface area (Å²) < 4.78 is 12.2. The number of hydrogen-bond donors (Lipinski definition) is 1. The van der Waals surface area contributed by atoms with Gasteiger partial charge in [-0.15, -0.1) is 0 Å². The van der Waals surface area contributed by atoms with Crippen LogP contribution in [0.5, 0.6) is 11.5 Å². The lowest BCUT2D eigenvalue weighted by atomic mass is 10.0. The van der Waals surface area contributed by atoms with E-state index in [0.717, 1.165) is 33.1 Å². The number of nitrogens with zero attached hydrogens (tertiary/aromatic N) is 4. The molecule has 0 atom stereocenters. The number of aliphatic imine (C=N–C) groups is 1. The Morgan fingerprint density at radius 3 is 2.70 bits per heavy atom. The van der Waals surface area contributed by atoms with Gasteiger partial charge in [0.15, 0.2) is 11.5 Å². The van der Waals surface area contributed by atoms with Crippen LogP contribution >= 0.6 is 11.3 Å². The summed E-state index contributed by atoms with van der Waals surface area (Å²) in [6, 6.07) is 13.5. The van der Waals surface area contributed by atoms with E-state index in [1.807, 2.05) is 49.4 Å². The first kappa shape index (κ1) is 20.9. The SMILES string of the molecule is COc1ccc(Cc2nn3c(N)c(/C=C4\C(C)=Nc5ccccc54)c(=O)nc3s2)cc1OC. The third-order valence-corrected chi connectivity index (χ3v) is 6.41. The van der Waals surface area contributed by atoms with Gasteiger partial charge >= 0.3 is 0 Å². The Kier molecular flexibility index (Phi) is 5.18. The van der Waals surface area contributed by atoms with Crippen molar-refractivity contribution >= 4 is 45.2 Å². The number of nitrogens with two attached hydrogens (primary N) is 1. The van der Waals surface area contributed by atoms with Crippen LogP contribution in [0.25, 0.3) is 16.6 Å². The molecule has 33 heavy (non-hydrogen) atoms. The highest BCUT2D eigenvalue weighted by molar-refractivity contribution is 7.16. The van der Waals surface area contributed by atoms with E-state index < -0.39 is 5.56 Å². The molecule has 0 saturated heterocycles. The molecule has 2 aromatic carbocycles. The van der Waals surface area contributed by atoms with E-state index in [-0.39, 0.29) is 5.82 Å². The van der Waals surface area contributed by atoms with Gasteiger partial charge in [0.05, 0.1) is 25.5 Å². The van der Waals surface area contributed by atoms with E-state index in [1.54, 1.807) is 20.3 Å². The van der Waals surface area contributed by atoms with Gasteiger partial charge in [-0.25, -0.2) is 0 Å². The summed E-state index contributed by atoms with van der Waals surface area (Å²) in [5.41, 5.74) is 10.8. The van der Waals surface area contributed by atoms with Gasteiger partial charge in [0.25, 0.3) is 5.56 Å². The van der Waals surface area contributed by atoms with E-state index in [2.05, 4.69) is 15.1 Å². The number of nitrogen functional groups attached to an aromatic ring is 1. The molecule has 9 heteroatoms. The van der Waals surface area contributed by atoms with Crippen LogP contribution in [0.3, 0.4) is 0 Å². The minimum atomic E-state index is -0.390. The molecule has 1 aliphatic rings. The molecule has 8 nitrogen and oxygen atoms in total. The summed E-state index contributed by atoms with van der Waals surface area (Å²) in [4.78, 5) is 22.1. The van der Waals surface area contributed by atoms with Crippen molar-refractivity contribution in [2.75, 3.05) is 20.0 Å². The van der Waals surface area contributed by atoms with Gasteiger partial charge in [0.1, 0.15) is 10.8 Å². The fourth-order valence-electron chi connectivity index (χ4n) is 3.85. The van der Waals surface area contributed by atoms with Crippen LogP contribution < -0.4 is 20.8 Å². The Bertz CT molecular complexity index is 1520. The molecule has 0 aliphatic carbocycles. The van der Waals surface area contributed by atoms with E-state index in [1.165, 1.54) is 15.9 Å². The van der Waals surface area contributed by atoms with Crippen LogP contribution in [-0.4, -0.2) is 34.5 Å². The van der Waals surface area contributed by atoms with Crippen molar-refractivity contribution in [1.82, 2.24) is 14.6 Å². The van der Waals surface area contributed by atoms with Crippen LogP contribution in [0.15, 0.2) is 52.3 Å². The number of rotatable bonds is 5. The maximum absolute atomic E-state index is 12.8. The fourth-order valence-corrected chi connectivity index (χ4v) is 4.78. The maximum atomic E-state index is 12.8. The summed E-state index contributed by atoms with van der Waals surface area (Å²) in [5, 5.41) is 5.40. The third kappa shape index (κ3) is 3.66. The van der Waals surface area contributed by atoms with Gasteiger partial charge in [-0.05, 0) is 36.8 Å². The van der Waals surface area contributed by atoms with Crippen molar-refractivity contribution in [3.05, 3.63) is 74.5 Å². The Hall–Kier alpha value is -3.98. The molecule has 0 bridgehead atoms. The lowest BCUT2D eigenvalue weighted by Gasteiger charge is -2.08. The molecule has 0 unspecified atom stereocenters. The summed E-state index contributed by atoms with van der Waals surface area (Å²) in [7, 11) is 3.20. The summed E-state index contributed by atoms with van der Waals surface area (Å²) in [6.45, 7) is 1.91. The molecule has 166 valence electrons. The standard InChI is InChI=1S/C24H21N5O3S/c1-13-16(15-6-4-5-7-18(15)26-13)12-17-22(25)29-24(27-23(17)30)33-21(28-29)11-14-8-9-19(31-2)20(10-14)32-3/h4-10,12H,11,25H2,1-3H3/b16-12+. The first-order valence-corrected chi connectivity index (χ1v) is 11.1. The zero-order valence-electron chi connectivity index (χ0n) is 18.3. The zero-order chi connectivity index (χ0) is 23.1. The fraction of sp³-hybridized carbons (Fsp3) is 0.167. The highest BCUT2D eigenvalue weighted by Gasteiger charge is 2.20. The Balaban J connectivity index is 1.54. The van der Waals surface area contributed by atoms with Gasteiger partial charge in [0, 0.05) is 23.3 Å². The van der Waals surface area contributed by atoms with Crippen LogP contribution in [-0.2, 0) is 6.42 Å². The molecule has 0 spiro atoms. The maximum Gasteiger partial charge on any atom is 0.283 e. The Morgan fingerprint density at radius 2 is 1.91 bits per heavy atom. The lowest BCUT2D eigenvalue weighted by molar-refractivity contribution is 0.354. The van der Waals surface area contributed by atoms with Crippen molar-refractivity contribution in [2.24, 2.45) is 4.99 Å². The minimum absolute atomic E-state index is 0.254. The largest absolute Gasteiger partial charge is 0.493 e. The molecule has 0 saturated carbocycles. The minimum Gasteiger partial charge on any atom is -0.493 e. The first-order valence-electron chi connectivity index (χ1n) is 10.2. The van der Waals surface area contributed by atoms with E-state index in [9.17, 15) is 4.79 Å². The second kappa shape index (κ2) is 8.18. The molecule has 0 fully saturated rings. The predicted molar refractivity (Wildman–Crippen MR) is 131 cm³/mol. The topological polar surface area (TPSA) is 104 Å². The van der Waals surface area contributed by atoms with Crippen LogP contribution in [0.4, 0.5) is 11.5 Å². The molecule has 3 heterocycles. The highest BCUT2D eigenvalue weighted by Crippen LogP contribution is 2.36. The molecule has 5 rings (SSSR count). The quantitative estimate of drug-likeness (QED) is 0.484. The van der Waals surface area contributed by atoms with Crippen LogP contribution in [0.1, 0.15) is 28.6 Å². The monoisotopic (exact) mass is 459 g/mol. The third-order valence-electron chi connectivity index (χ3n) is 5.50. The highest BCUT2D eigenvalue weighted by atomic mass is 32.1. The van der Waals surface area contributed by atoms with E-state index in [0.29, 0.717) is 28.4 Å². The van der Waals surface area contributed by atoms with Crippen molar-refractivity contribution in [3.8, 4) is 11.5 Å². The van der Waals surface area contributed by atoms with Crippen molar-refractivity contribution in [3.63, 3.8) is 0 Å². The molecule has 0 amide bonds. The second-order valence-electron chi connectivity index (χ2n) is 7.54. The van der Waals surface area contributed by atoms with Gasteiger partial charge in [-0.1, -0.05) is 35.6 Å². The van der Waals surface area contributed by atoms with Gasteiger partial charge in [-0.3, -0.25) is 9.79 Å². The molecular weight excluding hydrogens is 438 g/mol. The molecule has 1 aliphatic heterocycles. The summed E-state index contributed by atoms with van der Waals surface area (Å²) in [5.74, 6) is 1.56. The van der Waals surface area contributed by atoms with E-state index >= 15 is 0 Å². The summed E-state index contributed by atoms with van der Waals surface area (Å²) >= 11 is 1.33. The number of methoxy groups -OCH3 is 2.